The van der Waals surface area contributed by atoms with E-state index >= 15 is 0 Å². The quantitative estimate of drug-likeness (QED) is 0.770. The van der Waals surface area contributed by atoms with Gasteiger partial charge in [0, 0.05) is 6.04 Å². The molecule has 0 spiro atoms. The van der Waals surface area contributed by atoms with Gasteiger partial charge in [0.15, 0.2) is 6.54 Å². The zero-order valence-corrected chi connectivity index (χ0v) is 16.3. The Morgan fingerprint density at radius 2 is 1.81 bits per heavy atom. The van der Waals surface area contributed by atoms with Gasteiger partial charge < -0.3 is 10.2 Å². The number of carbonyl (C=O) groups is 1. The largest absolute Gasteiger partial charge is 0.348 e. The number of piperazine rings is 1. The number of sulfonamides is 1. The van der Waals surface area contributed by atoms with Crippen LogP contribution in [-0.4, -0.2) is 57.4 Å². The molecule has 144 valence electrons. The fraction of sp³-hybridized carbons (Fsp3) is 0.632. The van der Waals surface area contributed by atoms with Crippen LogP contribution in [0.4, 0.5) is 0 Å². The van der Waals surface area contributed by atoms with E-state index in [-0.39, 0.29) is 5.91 Å². The second kappa shape index (κ2) is 8.50. The van der Waals surface area contributed by atoms with E-state index in [2.05, 4.69) is 12.2 Å². The second-order valence-electron chi connectivity index (χ2n) is 7.58. The molecule has 3 rings (SSSR count). The van der Waals surface area contributed by atoms with E-state index in [1.54, 1.807) is 24.3 Å². The molecule has 1 saturated carbocycles. The van der Waals surface area contributed by atoms with Crippen molar-refractivity contribution in [2.45, 2.75) is 43.5 Å². The molecule has 26 heavy (non-hydrogen) atoms. The number of rotatable bonds is 5. The normalized spacial score (nSPS) is 25.7. The van der Waals surface area contributed by atoms with Crippen LogP contribution in [0.3, 0.4) is 0 Å². The van der Waals surface area contributed by atoms with Crippen molar-refractivity contribution in [3.05, 3.63) is 30.3 Å². The van der Waals surface area contributed by atoms with Gasteiger partial charge in [-0.05, 0) is 30.9 Å². The summed E-state index contributed by atoms with van der Waals surface area (Å²) < 4.78 is 26.8. The first-order chi connectivity index (χ1) is 12.5. The average molecular weight is 381 g/mol. The Kier molecular flexibility index (Phi) is 6.32. The van der Waals surface area contributed by atoms with Gasteiger partial charge >= 0.3 is 0 Å². The summed E-state index contributed by atoms with van der Waals surface area (Å²) in [7, 11) is -3.42. The second-order valence-corrected chi connectivity index (χ2v) is 9.52. The Labute approximate surface area is 156 Å². The number of quaternary nitrogens is 1. The summed E-state index contributed by atoms with van der Waals surface area (Å²) in [5.41, 5.74) is 0. The van der Waals surface area contributed by atoms with Gasteiger partial charge in [-0.15, -0.1) is 0 Å². The Hall–Kier alpha value is -1.44. The van der Waals surface area contributed by atoms with E-state index in [0.29, 0.717) is 49.6 Å². The highest BCUT2D eigenvalue weighted by molar-refractivity contribution is 7.89. The van der Waals surface area contributed by atoms with Crippen LogP contribution in [0.15, 0.2) is 35.2 Å². The molecule has 1 aromatic rings. The molecule has 0 radical (unpaired) electrons. The van der Waals surface area contributed by atoms with Gasteiger partial charge in [0.2, 0.25) is 10.0 Å². The van der Waals surface area contributed by atoms with E-state index in [0.717, 1.165) is 11.3 Å². The molecule has 1 heterocycles. The fourth-order valence-corrected chi connectivity index (χ4v) is 5.44. The first-order valence-corrected chi connectivity index (χ1v) is 11.1. The van der Waals surface area contributed by atoms with Crippen LogP contribution in [0, 0.1) is 5.92 Å². The highest BCUT2D eigenvalue weighted by Gasteiger charge is 2.31. The fourth-order valence-electron chi connectivity index (χ4n) is 3.98. The third kappa shape index (κ3) is 4.64. The Bertz CT molecular complexity index is 700. The highest BCUT2D eigenvalue weighted by Crippen LogP contribution is 2.23. The van der Waals surface area contributed by atoms with Gasteiger partial charge in [-0.2, -0.15) is 4.31 Å². The van der Waals surface area contributed by atoms with E-state index in [4.69, 9.17) is 0 Å². The minimum Gasteiger partial charge on any atom is -0.348 e. The number of benzene rings is 1. The van der Waals surface area contributed by atoms with Crippen LogP contribution in [0.5, 0.6) is 0 Å². The van der Waals surface area contributed by atoms with E-state index in [9.17, 15) is 13.2 Å². The number of hydrogen-bond donors (Lipinski definition) is 2. The number of carbonyl (C=O) groups excluding carboxylic acids is 1. The van der Waals surface area contributed by atoms with E-state index in [1.807, 2.05) is 6.07 Å². The molecule has 1 amide bonds. The van der Waals surface area contributed by atoms with Crippen molar-refractivity contribution in [3.63, 3.8) is 0 Å². The van der Waals surface area contributed by atoms with Gasteiger partial charge in [0.1, 0.15) is 0 Å². The monoisotopic (exact) mass is 380 g/mol. The maximum Gasteiger partial charge on any atom is 0.275 e. The Morgan fingerprint density at radius 3 is 2.46 bits per heavy atom. The zero-order valence-electron chi connectivity index (χ0n) is 15.5. The molecule has 0 unspecified atom stereocenters. The summed E-state index contributed by atoms with van der Waals surface area (Å²) in [6.45, 7) is 4.89. The summed E-state index contributed by atoms with van der Waals surface area (Å²) in [4.78, 5) is 13.9. The van der Waals surface area contributed by atoms with Crippen LogP contribution in [0.1, 0.15) is 32.6 Å². The maximum atomic E-state index is 12.7. The summed E-state index contributed by atoms with van der Waals surface area (Å²) in [6, 6.07) is 8.86. The van der Waals surface area contributed by atoms with Crippen molar-refractivity contribution >= 4 is 15.9 Å². The average Bonchev–Trinajstić information content (AvgIpc) is 2.65. The topological polar surface area (TPSA) is 70.9 Å². The molecule has 1 aliphatic carbocycles. The Morgan fingerprint density at radius 1 is 1.15 bits per heavy atom. The lowest BCUT2D eigenvalue weighted by Crippen LogP contribution is -3.15. The van der Waals surface area contributed by atoms with Crippen molar-refractivity contribution in [1.82, 2.24) is 9.62 Å². The molecule has 6 nitrogen and oxygen atoms in total. The highest BCUT2D eigenvalue weighted by atomic mass is 32.2. The van der Waals surface area contributed by atoms with Crippen molar-refractivity contribution < 1.29 is 18.1 Å². The molecule has 2 N–H and O–H groups in total. The van der Waals surface area contributed by atoms with Gasteiger partial charge in [-0.1, -0.05) is 38.0 Å². The Balaban J connectivity index is 1.48. The van der Waals surface area contributed by atoms with E-state index in [1.165, 1.54) is 23.6 Å². The predicted molar refractivity (Wildman–Crippen MR) is 100 cm³/mol. The number of nitrogens with one attached hydrogen (secondary N) is 2. The number of amides is 1. The SMILES string of the molecule is C[C@H]1CCCC[C@@H]1NC(=O)C[NH+]1CCN(S(=O)(=O)c2ccccc2)CC1. The van der Waals surface area contributed by atoms with Crippen LogP contribution in [0.25, 0.3) is 0 Å². The molecular formula is C19H30N3O3S+. The molecule has 1 aliphatic heterocycles. The van der Waals surface area contributed by atoms with Crippen LogP contribution < -0.4 is 10.2 Å². The maximum absolute atomic E-state index is 12.7. The number of hydrogen-bond acceptors (Lipinski definition) is 3. The van der Waals surface area contributed by atoms with Crippen LogP contribution >= 0.6 is 0 Å². The third-order valence-corrected chi connectivity index (χ3v) is 7.59. The zero-order chi connectivity index (χ0) is 18.6. The lowest BCUT2D eigenvalue weighted by Gasteiger charge is -2.33. The molecular weight excluding hydrogens is 350 g/mol. The summed E-state index contributed by atoms with van der Waals surface area (Å²) in [5.74, 6) is 0.647. The molecule has 1 aromatic carbocycles. The molecule has 2 atom stereocenters. The van der Waals surface area contributed by atoms with Crippen molar-refractivity contribution in [2.75, 3.05) is 32.7 Å². The van der Waals surface area contributed by atoms with Gasteiger partial charge in [0.25, 0.3) is 5.91 Å². The van der Waals surface area contributed by atoms with Crippen LogP contribution in [-0.2, 0) is 14.8 Å². The standard InChI is InChI=1S/C19H29N3O3S/c1-16-7-5-6-10-18(16)20-19(23)15-21-11-13-22(14-12-21)26(24,25)17-8-3-2-4-9-17/h2-4,8-9,16,18H,5-7,10-15H2,1H3,(H,20,23)/p+1/t16-,18-/m0/s1. The number of nitrogens with zero attached hydrogens (tertiary/aromatic N) is 1. The lowest BCUT2D eigenvalue weighted by atomic mass is 9.86. The third-order valence-electron chi connectivity index (χ3n) is 5.68. The first kappa shape index (κ1) is 19.3. The summed E-state index contributed by atoms with van der Waals surface area (Å²) >= 11 is 0. The molecule has 1 saturated heterocycles. The van der Waals surface area contributed by atoms with Gasteiger partial charge in [-0.3, -0.25) is 4.79 Å². The molecule has 2 fully saturated rings. The van der Waals surface area contributed by atoms with E-state index < -0.39 is 10.0 Å². The lowest BCUT2D eigenvalue weighted by molar-refractivity contribution is -0.895. The summed E-state index contributed by atoms with van der Waals surface area (Å²) in [6.07, 6.45) is 4.72. The smallest absolute Gasteiger partial charge is 0.275 e. The molecule has 0 bridgehead atoms. The molecule has 0 aromatic heterocycles. The van der Waals surface area contributed by atoms with Gasteiger partial charge in [0.05, 0.1) is 31.1 Å². The van der Waals surface area contributed by atoms with Crippen molar-refractivity contribution in [1.29, 1.82) is 0 Å². The van der Waals surface area contributed by atoms with Crippen molar-refractivity contribution in [2.24, 2.45) is 5.92 Å². The predicted octanol–water partition coefficient (Wildman–Crippen LogP) is 0.271. The van der Waals surface area contributed by atoms with Crippen LogP contribution in [0.2, 0.25) is 0 Å². The first-order valence-electron chi connectivity index (χ1n) is 9.65. The summed E-state index contributed by atoms with van der Waals surface area (Å²) in [5, 5.41) is 3.19. The molecule has 2 aliphatic rings. The minimum absolute atomic E-state index is 0.0955. The molecule has 7 heteroatoms. The minimum atomic E-state index is -3.42. The van der Waals surface area contributed by atoms with Gasteiger partial charge in [-0.25, -0.2) is 8.42 Å². The van der Waals surface area contributed by atoms with Crippen molar-refractivity contribution in [3.8, 4) is 0 Å².